The summed E-state index contributed by atoms with van der Waals surface area (Å²) in [4.78, 5) is 4.54. The standard InChI is InChI=1S/C14H16N2O4S/c15-20-11-10-19-13-6-8-14(9-7-13)21(17,18)16-12-4-2-1-3-5-12/h1-9,16H,10-11,15H2. The highest BCUT2D eigenvalue weighted by atomic mass is 32.2. The molecule has 0 aliphatic heterocycles. The normalized spacial score (nSPS) is 11.1. The highest BCUT2D eigenvalue weighted by Crippen LogP contribution is 2.19. The molecule has 0 fully saturated rings. The molecular formula is C14H16N2O4S. The Hall–Kier alpha value is -2.09. The van der Waals surface area contributed by atoms with Crippen LogP contribution in [0.3, 0.4) is 0 Å². The molecule has 0 amide bonds. The Bertz CT molecular complexity index is 657. The van der Waals surface area contributed by atoms with E-state index in [9.17, 15) is 8.42 Å². The van der Waals surface area contributed by atoms with Gasteiger partial charge in [-0.25, -0.2) is 14.3 Å². The molecule has 112 valence electrons. The van der Waals surface area contributed by atoms with Crippen LogP contribution in [0.15, 0.2) is 59.5 Å². The molecular weight excluding hydrogens is 292 g/mol. The van der Waals surface area contributed by atoms with Crippen molar-refractivity contribution in [2.75, 3.05) is 17.9 Å². The van der Waals surface area contributed by atoms with Gasteiger partial charge in [-0.1, -0.05) is 18.2 Å². The largest absolute Gasteiger partial charge is 0.491 e. The van der Waals surface area contributed by atoms with Gasteiger partial charge in [-0.3, -0.25) is 4.72 Å². The number of ether oxygens (including phenoxy) is 1. The fourth-order valence-electron chi connectivity index (χ4n) is 1.64. The Balaban J connectivity index is 2.06. The van der Waals surface area contributed by atoms with E-state index in [1.54, 1.807) is 36.4 Å². The molecule has 2 aromatic carbocycles. The molecule has 6 nitrogen and oxygen atoms in total. The summed E-state index contributed by atoms with van der Waals surface area (Å²) in [6.45, 7) is 0.556. The van der Waals surface area contributed by atoms with E-state index in [0.717, 1.165) is 0 Å². The second-order valence-corrected chi connectivity index (χ2v) is 5.84. The Morgan fingerprint density at radius 1 is 0.952 bits per heavy atom. The van der Waals surface area contributed by atoms with Gasteiger partial charge < -0.3 is 9.57 Å². The molecule has 0 radical (unpaired) electrons. The van der Waals surface area contributed by atoms with Crippen molar-refractivity contribution in [3.05, 3.63) is 54.6 Å². The molecule has 2 rings (SSSR count). The third-order valence-electron chi connectivity index (χ3n) is 2.63. The van der Waals surface area contributed by atoms with E-state index in [0.29, 0.717) is 18.0 Å². The van der Waals surface area contributed by atoms with Crippen LogP contribution in [0.4, 0.5) is 5.69 Å². The van der Waals surface area contributed by atoms with E-state index in [2.05, 4.69) is 9.56 Å². The summed E-state index contributed by atoms with van der Waals surface area (Å²) in [6.07, 6.45) is 0. The van der Waals surface area contributed by atoms with Gasteiger partial charge in [0.2, 0.25) is 0 Å². The molecule has 21 heavy (non-hydrogen) atoms. The van der Waals surface area contributed by atoms with Gasteiger partial charge in [-0.05, 0) is 36.4 Å². The van der Waals surface area contributed by atoms with Crippen molar-refractivity contribution < 1.29 is 18.0 Å². The average Bonchev–Trinajstić information content (AvgIpc) is 2.49. The minimum Gasteiger partial charge on any atom is -0.491 e. The third kappa shape index (κ3) is 4.45. The van der Waals surface area contributed by atoms with Gasteiger partial charge in [-0.2, -0.15) is 0 Å². The summed E-state index contributed by atoms with van der Waals surface area (Å²) in [5.74, 6) is 5.43. The highest BCUT2D eigenvalue weighted by molar-refractivity contribution is 7.92. The second-order valence-electron chi connectivity index (χ2n) is 4.16. The molecule has 0 saturated carbocycles. The summed E-state index contributed by atoms with van der Waals surface area (Å²) in [5.41, 5.74) is 0.512. The smallest absolute Gasteiger partial charge is 0.261 e. The van der Waals surface area contributed by atoms with E-state index >= 15 is 0 Å². The van der Waals surface area contributed by atoms with Gasteiger partial charge in [0.05, 0.1) is 4.90 Å². The van der Waals surface area contributed by atoms with Crippen molar-refractivity contribution in [2.45, 2.75) is 4.90 Å². The number of hydrogen-bond acceptors (Lipinski definition) is 5. The fraction of sp³-hybridized carbons (Fsp3) is 0.143. The molecule has 7 heteroatoms. The Kier molecular flexibility index (Phi) is 5.15. The summed E-state index contributed by atoms with van der Waals surface area (Å²) >= 11 is 0. The third-order valence-corrected chi connectivity index (χ3v) is 4.03. The number of anilines is 1. The van der Waals surface area contributed by atoms with E-state index < -0.39 is 10.0 Å². The quantitative estimate of drug-likeness (QED) is 0.601. The van der Waals surface area contributed by atoms with Crippen LogP contribution in [-0.2, 0) is 14.9 Å². The summed E-state index contributed by atoms with van der Waals surface area (Å²) < 4.78 is 32.2. The zero-order valence-electron chi connectivity index (χ0n) is 11.2. The average molecular weight is 308 g/mol. The monoisotopic (exact) mass is 308 g/mol. The van der Waals surface area contributed by atoms with Crippen LogP contribution < -0.4 is 15.4 Å². The zero-order valence-corrected chi connectivity index (χ0v) is 12.0. The topological polar surface area (TPSA) is 90.7 Å². The summed E-state index contributed by atoms with van der Waals surface area (Å²) in [5, 5.41) is 0. The number of sulfonamides is 1. The first-order valence-corrected chi connectivity index (χ1v) is 7.72. The molecule has 0 aliphatic carbocycles. The Labute approximate surface area is 123 Å². The molecule has 0 spiro atoms. The lowest BCUT2D eigenvalue weighted by molar-refractivity contribution is 0.102. The molecule has 0 bridgehead atoms. The maximum absolute atomic E-state index is 12.2. The van der Waals surface area contributed by atoms with Gasteiger partial charge in [-0.15, -0.1) is 0 Å². The van der Waals surface area contributed by atoms with E-state index in [1.807, 2.05) is 6.07 Å². The van der Waals surface area contributed by atoms with Crippen molar-refractivity contribution in [2.24, 2.45) is 5.90 Å². The summed E-state index contributed by atoms with van der Waals surface area (Å²) in [7, 11) is -3.61. The minimum atomic E-state index is -3.61. The predicted octanol–water partition coefficient (Wildman–Crippen LogP) is 1.76. The lowest BCUT2D eigenvalue weighted by atomic mass is 10.3. The van der Waals surface area contributed by atoms with Crippen LogP contribution in [0.2, 0.25) is 0 Å². The molecule has 0 heterocycles. The molecule has 2 aromatic rings. The summed E-state index contributed by atoms with van der Waals surface area (Å²) in [6, 6.07) is 14.8. The maximum atomic E-state index is 12.2. The van der Waals surface area contributed by atoms with Crippen LogP contribution in [0, 0.1) is 0 Å². The maximum Gasteiger partial charge on any atom is 0.261 e. The van der Waals surface area contributed by atoms with Crippen molar-refractivity contribution in [3.63, 3.8) is 0 Å². The highest BCUT2D eigenvalue weighted by Gasteiger charge is 2.13. The lowest BCUT2D eigenvalue weighted by Gasteiger charge is -2.09. The first-order valence-electron chi connectivity index (χ1n) is 6.24. The van der Waals surface area contributed by atoms with E-state index in [-0.39, 0.29) is 11.5 Å². The lowest BCUT2D eigenvalue weighted by Crippen LogP contribution is -2.13. The van der Waals surface area contributed by atoms with Crippen LogP contribution >= 0.6 is 0 Å². The number of hydrogen-bond donors (Lipinski definition) is 2. The molecule has 3 N–H and O–H groups in total. The SMILES string of the molecule is NOCCOc1ccc(S(=O)(=O)Nc2ccccc2)cc1. The van der Waals surface area contributed by atoms with Gasteiger partial charge in [0, 0.05) is 5.69 Å². The van der Waals surface area contributed by atoms with Gasteiger partial charge in [0.15, 0.2) is 0 Å². The zero-order chi connectivity index (χ0) is 15.1. The molecule has 0 aromatic heterocycles. The van der Waals surface area contributed by atoms with Gasteiger partial charge in [0.25, 0.3) is 10.0 Å². The van der Waals surface area contributed by atoms with Crippen molar-refractivity contribution in [3.8, 4) is 5.75 Å². The number of nitrogens with two attached hydrogens (primary N) is 1. The van der Waals surface area contributed by atoms with Gasteiger partial charge in [0.1, 0.15) is 19.0 Å². The first-order chi connectivity index (χ1) is 10.1. The van der Waals surface area contributed by atoms with E-state index in [1.165, 1.54) is 12.1 Å². The van der Waals surface area contributed by atoms with Crippen LogP contribution in [0.25, 0.3) is 0 Å². The number of para-hydroxylation sites is 1. The minimum absolute atomic E-state index is 0.161. The number of benzene rings is 2. The van der Waals surface area contributed by atoms with Crippen molar-refractivity contribution >= 4 is 15.7 Å². The number of nitrogens with one attached hydrogen (secondary N) is 1. The second kappa shape index (κ2) is 7.07. The molecule has 0 unspecified atom stereocenters. The van der Waals surface area contributed by atoms with Gasteiger partial charge >= 0.3 is 0 Å². The van der Waals surface area contributed by atoms with Crippen LogP contribution in [0.1, 0.15) is 0 Å². The molecule has 0 saturated heterocycles. The number of rotatable bonds is 7. The molecule has 0 atom stereocenters. The van der Waals surface area contributed by atoms with Crippen molar-refractivity contribution in [1.29, 1.82) is 0 Å². The Morgan fingerprint density at radius 3 is 2.24 bits per heavy atom. The van der Waals surface area contributed by atoms with E-state index in [4.69, 9.17) is 10.6 Å². The van der Waals surface area contributed by atoms with Crippen molar-refractivity contribution in [1.82, 2.24) is 0 Å². The first kappa shape index (κ1) is 15.3. The fourth-order valence-corrected chi connectivity index (χ4v) is 2.70. The van der Waals surface area contributed by atoms with Crippen LogP contribution in [-0.4, -0.2) is 21.6 Å². The van der Waals surface area contributed by atoms with Crippen LogP contribution in [0.5, 0.6) is 5.75 Å². The Morgan fingerprint density at radius 2 is 1.62 bits per heavy atom. The predicted molar refractivity (Wildman–Crippen MR) is 79.3 cm³/mol. The molecule has 0 aliphatic rings.